The van der Waals surface area contributed by atoms with Gasteiger partial charge in [0, 0.05) is 12.1 Å². The lowest BCUT2D eigenvalue weighted by atomic mass is 10.1. The first-order valence-electron chi connectivity index (χ1n) is 5.74. The fraction of sp³-hybridized carbons (Fsp3) is 0.500. The number of aromatic amines is 1. The molecule has 15 heavy (non-hydrogen) atoms. The van der Waals surface area contributed by atoms with E-state index < -0.39 is 0 Å². The summed E-state index contributed by atoms with van der Waals surface area (Å²) in [5.41, 5.74) is 1.95. The van der Waals surface area contributed by atoms with Gasteiger partial charge in [0.25, 0.3) is 0 Å². The van der Waals surface area contributed by atoms with E-state index in [0.29, 0.717) is 5.92 Å². The van der Waals surface area contributed by atoms with Crippen molar-refractivity contribution in [2.24, 2.45) is 11.8 Å². The molecular weight excluding hydrogens is 186 g/mol. The number of hydrogen-bond acceptors (Lipinski definition) is 2. The fourth-order valence-electron chi connectivity index (χ4n) is 3.25. The van der Waals surface area contributed by atoms with E-state index in [-0.39, 0.29) is 0 Å². The molecule has 2 aliphatic rings. The molecule has 0 amide bonds. The molecule has 0 radical (unpaired) electrons. The zero-order valence-corrected chi connectivity index (χ0v) is 8.48. The highest BCUT2D eigenvalue weighted by Crippen LogP contribution is 2.62. The average molecular weight is 199 g/mol. The van der Waals surface area contributed by atoms with Crippen molar-refractivity contribution in [3.63, 3.8) is 0 Å². The summed E-state index contributed by atoms with van der Waals surface area (Å²) >= 11 is 0. The third-order valence-electron chi connectivity index (χ3n) is 4.00. The van der Waals surface area contributed by atoms with Crippen LogP contribution in [0, 0.1) is 11.8 Å². The Kier molecular flexibility index (Phi) is 1.36. The number of fused-ring (bicyclic) bond motifs is 2. The van der Waals surface area contributed by atoms with E-state index in [0.717, 1.165) is 23.0 Å². The molecule has 0 saturated heterocycles. The first-order chi connectivity index (χ1) is 7.43. The lowest BCUT2D eigenvalue weighted by Crippen LogP contribution is -1.89. The monoisotopic (exact) mass is 199 g/mol. The molecule has 2 heterocycles. The molecule has 0 aromatic carbocycles. The molecule has 4 rings (SSSR count). The van der Waals surface area contributed by atoms with Crippen LogP contribution in [0.3, 0.4) is 0 Å². The number of nitrogens with zero attached hydrogens (tertiary/aromatic N) is 2. The summed E-state index contributed by atoms with van der Waals surface area (Å²) in [6.45, 7) is 0. The van der Waals surface area contributed by atoms with Gasteiger partial charge in [0.05, 0.1) is 5.52 Å². The summed E-state index contributed by atoms with van der Waals surface area (Å²) in [6, 6.07) is 4.01. The number of pyridine rings is 1. The van der Waals surface area contributed by atoms with Gasteiger partial charge in [0.2, 0.25) is 0 Å². The molecule has 0 bridgehead atoms. The van der Waals surface area contributed by atoms with Crippen LogP contribution in [-0.4, -0.2) is 15.0 Å². The van der Waals surface area contributed by atoms with E-state index in [2.05, 4.69) is 21.0 Å². The number of rotatable bonds is 1. The van der Waals surface area contributed by atoms with Gasteiger partial charge in [-0.25, -0.2) is 9.97 Å². The number of H-pyrrole nitrogens is 1. The van der Waals surface area contributed by atoms with Crippen molar-refractivity contribution in [1.82, 2.24) is 15.0 Å². The van der Waals surface area contributed by atoms with Gasteiger partial charge in [-0.2, -0.15) is 0 Å². The molecule has 2 atom stereocenters. The van der Waals surface area contributed by atoms with Gasteiger partial charge in [-0.05, 0) is 36.8 Å². The van der Waals surface area contributed by atoms with E-state index in [4.69, 9.17) is 0 Å². The van der Waals surface area contributed by atoms with E-state index in [9.17, 15) is 0 Å². The van der Waals surface area contributed by atoms with Crippen molar-refractivity contribution in [3.05, 3.63) is 24.2 Å². The van der Waals surface area contributed by atoms with Gasteiger partial charge >= 0.3 is 0 Å². The molecule has 2 fully saturated rings. The normalized spacial score (nSPS) is 33.2. The van der Waals surface area contributed by atoms with Crippen molar-refractivity contribution in [2.45, 2.75) is 25.2 Å². The van der Waals surface area contributed by atoms with Gasteiger partial charge in [-0.1, -0.05) is 6.42 Å². The summed E-state index contributed by atoms with van der Waals surface area (Å²) in [6.07, 6.45) is 6.03. The highest BCUT2D eigenvalue weighted by atomic mass is 15.0. The summed E-state index contributed by atoms with van der Waals surface area (Å²) in [5, 5.41) is 0. The van der Waals surface area contributed by atoms with Crippen LogP contribution >= 0.6 is 0 Å². The molecule has 2 aromatic heterocycles. The van der Waals surface area contributed by atoms with Gasteiger partial charge in [0.1, 0.15) is 5.82 Å². The minimum atomic E-state index is 0.716. The zero-order chi connectivity index (χ0) is 9.83. The lowest BCUT2D eigenvalue weighted by molar-refractivity contribution is 0.664. The lowest BCUT2D eigenvalue weighted by Gasteiger charge is -1.97. The van der Waals surface area contributed by atoms with Gasteiger partial charge in [-0.3, -0.25) is 0 Å². The first kappa shape index (κ1) is 7.85. The number of hydrogen-bond donors (Lipinski definition) is 1. The summed E-state index contributed by atoms with van der Waals surface area (Å²) in [5.74, 6) is 3.74. The molecule has 2 aliphatic carbocycles. The first-order valence-corrected chi connectivity index (χ1v) is 5.74. The van der Waals surface area contributed by atoms with Crippen molar-refractivity contribution in [1.29, 1.82) is 0 Å². The van der Waals surface area contributed by atoms with Crippen LogP contribution in [0.4, 0.5) is 0 Å². The molecule has 2 aromatic rings. The van der Waals surface area contributed by atoms with E-state index in [1.54, 1.807) is 6.20 Å². The molecule has 2 saturated carbocycles. The van der Waals surface area contributed by atoms with Gasteiger partial charge in [0.15, 0.2) is 5.65 Å². The summed E-state index contributed by atoms with van der Waals surface area (Å²) in [7, 11) is 0. The SMILES string of the molecule is c1cnc2nc(C3C4CCCC43)[nH]c2c1. The fourth-order valence-corrected chi connectivity index (χ4v) is 3.25. The Morgan fingerprint density at radius 1 is 1.27 bits per heavy atom. The van der Waals surface area contributed by atoms with Crippen LogP contribution in [0.5, 0.6) is 0 Å². The minimum Gasteiger partial charge on any atom is -0.340 e. The molecule has 2 unspecified atom stereocenters. The maximum absolute atomic E-state index is 4.59. The van der Waals surface area contributed by atoms with Crippen molar-refractivity contribution < 1.29 is 0 Å². The standard InChI is InChI=1S/C12H13N3/c1-3-7-8(4-1)10(7)12-14-9-5-2-6-13-11(9)15-12/h2,5-8,10H,1,3-4H2,(H,13,14,15). The van der Waals surface area contributed by atoms with Gasteiger partial charge in [-0.15, -0.1) is 0 Å². The highest BCUT2D eigenvalue weighted by Gasteiger charge is 2.54. The third-order valence-corrected chi connectivity index (χ3v) is 4.00. The Bertz CT molecular complexity index is 473. The van der Waals surface area contributed by atoms with Crippen molar-refractivity contribution in [2.75, 3.05) is 0 Å². The zero-order valence-electron chi connectivity index (χ0n) is 8.48. The van der Waals surface area contributed by atoms with E-state index in [1.165, 1.54) is 25.1 Å². The maximum Gasteiger partial charge on any atom is 0.177 e. The molecule has 0 spiro atoms. The quantitative estimate of drug-likeness (QED) is 0.766. The van der Waals surface area contributed by atoms with E-state index >= 15 is 0 Å². The second-order valence-electron chi connectivity index (χ2n) is 4.78. The van der Waals surface area contributed by atoms with E-state index in [1.807, 2.05) is 6.07 Å². The second kappa shape index (κ2) is 2.60. The molecular formula is C12H13N3. The smallest absolute Gasteiger partial charge is 0.177 e. The van der Waals surface area contributed by atoms with Crippen LogP contribution in [0.25, 0.3) is 11.2 Å². The Morgan fingerprint density at radius 2 is 2.13 bits per heavy atom. The molecule has 0 aliphatic heterocycles. The average Bonchev–Trinajstić information content (AvgIpc) is 2.71. The second-order valence-corrected chi connectivity index (χ2v) is 4.78. The van der Waals surface area contributed by atoms with Crippen LogP contribution in [-0.2, 0) is 0 Å². The predicted molar refractivity (Wildman–Crippen MR) is 57.5 cm³/mol. The minimum absolute atomic E-state index is 0.716. The Morgan fingerprint density at radius 3 is 2.93 bits per heavy atom. The highest BCUT2D eigenvalue weighted by molar-refractivity contribution is 5.70. The van der Waals surface area contributed by atoms with Crippen LogP contribution in [0.15, 0.2) is 18.3 Å². The molecule has 76 valence electrons. The largest absolute Gasteiger partial charge is 0.340 e. The number of aromatic nitrogens is 3. The van der Waals surface area contributed by atoms with Crippen LogP contribution in [0.2, 0.25) is 0 Å². The summed E-state index contributed by atoms with van der Waals surface area (Å²) < 4.78 is 0. The molecule has 3 heteroatoms. The Balaban J connectivity index is 1.77. The topological polar surface area (TPSA) is 41.6 Å². The van der Waals surface area contributed by atoms with Gasteiger partial charge < -0.3 is 4.98 Å². The van der Waals surface area contributed by atoms with Crippen LogP contribution < -0.4 is 0 Å². The maximum atomic E-state index is 4.59. The Labute approximate surface area is 87.9 Å². The van der Waals surface area contributed by atoms with Crippen molar-refractivity contribution in [3.8, 4) is 0 Å². The summed E-state index contributed by atoms with van der Waals surface area (Å²) in [4.78, 5) is 12.3. The number of imidazole rings is 1. The molecule has 1 N–H and O–H groups in total. The Hall–Kier alpha value is -1.38. The molecule has 3 nitrogen and oxygen atoms in total. The van der Waals surface area contributed by atoms with Crippen molar-refractivity contribution >= 4 is 11.2 Å². The number of nitrogens with one attached hydrogen (secondary N) is 1. The predicted octanol–water partition coefficient (Wildman–Crippen LogP) is 2.47. The van der Waals surface area contributed by atoms with Crippen LogP contribution in [0.1, 0.15) is 31.0 Å². The third kappa shape index (κ3) is 1.01.